The predicted octanol–water partition coefficient (Wildman–Crippen LogP) is 5.86. The van der Waals surface area contributed by atoms with Crippen molar-refractivity contribution < 1.29 is 13.2 Å². The normalized spacial score (nSPS) is 15.8. The van der Waals surface area contributed by atoms with Gasteiger partial charge in [-0.05, 0) is 53.9 Å². The fourth-order valence-electron chi connectivity index (χ4n) is 4.95. The highest BCUT2D eigenvalue weighted by Crippen LogP contribution is 2.43. The number of halogens is 3. The number of nitrogens with one attached hydrogen (secondary N) is 1. The summed E-state index contributed by atoms with van der Waals surface area (Å²) in [5.74, 6) is 0.721. The minimum absolute atomic E-state index is 0.273. The van der Waals surface area contributed by atoms with Crippen LogP contribution in [-0.4, -0.2) is 40.6 Å². The molecule has 0 amide bonds. The van der Waals surface area contributed by atoms with Gasteiger partial charge in [-0.3, -0.25) is 4.90 Å². The molecule has 5 rings (SSSR count). The van der Waals surface area contributed by atoms with Crippen LogP contribution >= 0.6 is 0 Å². The zero-order valence-corrected chi connectivity index (χ0v) is 19.5. The summed E-state index contributed by atoms with van der Waals surface area (Å²) in [6.07, 6.45) is -0.807. The number of nitrogens with zero attached hydrogens (tertiary/aromatic N) is 3. The Hall–Kier alpha value is -3.42. The molecule has 0 radical (unpaired) electrons. The lowest BCUT2D eigenvalue weighted by Gasteiger charge is -2.37. The second-order valence-corrected chi connectivity index (χ2v) is 8.82. The van der Waals surface area contributed by atoms with Crippen LogP contribution in [0.1, 0.15) is 28.3 Å². The average molecular weight is 477 g/mol. The summed E-state index contributed by atoms with van der Waals surface area (Å²) in [4.78, 5) is 6.68. The number of rotatable bonds is 5. The third-order valence-electron chi connectivity index (χ3n) is 6.48. The number of hydrogen-bond donors (Lipinski definition) is 1. The number of aromatic nitrogens is 2. The summed E-state index contributed by atoms with van der Waals surface area (Å²) < 4.78 is 44.6. The van der Waals surface area contributed by atoms with E-state index in [9.17, 15) is 13.2 Å². The van der Waals surface area contributed by atoms with Crippen molar-refractivity contribution in [3.63, 3.8) is 0 Å². The first-order chi connectivity index (χ1) is 16.9. The van der Waals surface area contributed by atoms with Gasteiger partial charge in [0.05, 0.1) is 17.3 Å². The van der Waals surface area contributed by atoms with E-state index in [-0.39, 0.29) is 5.56 Å². The summed E-state index contributed by atoms with van der Waals surface area (Å²) >= 11 is 0. The van der Waals surface area contributed by atoms with Crippen molar-refractivity contribution in [2.24, 2.45) is 0 Å². The van der Waals surface area contributed by atoms with Gasteiger partial charge in [-0.1, -0.05) is 48.0 Å². The van der Waals surface area contributed by atoms with E-state index in [0.717, 1.165) is 41.3 Å². The maximum atomic E-state index is 14.2. The summed E-state index contributed by atoms with van der Waals surface area (Å²) in [7, 11) is 0. The van der Waals surface area contributed by atoms with Crippen molar-refractivity contribution in [2.75, 3.05) is 26.2 Å². The van der Waals surface area contributed by atoms with Crippen molar-refractivity contribution in [3.05, 3.63) is 107 Å². The summed E-state index contributed by atoms with van der Waals surface area (Å²) in [6, 6.07) is 21.1. The summed E-state index contributed by atoms with van der Waals surface area (Å²) in [6.45, 7) is 4.78. The van der Waals surface area contributed by atoms with Gasteiger partial charge in [0, 0.05) is 38.6 Å². The number of benzene rings is 2. The second-order valence-electron chi connectivity index (χ2n) is 8.82. The predicted molar refractivity (Wildman–Crippen MR) is 131 cm³/mol. The molecule has 7 heteroatoms. The number of aryl methyl sites for hydroxylation is 1. The molecule has 1 aliphatic rings. The maximum absolute atomic E-state index is 14.2. The Morgan fingerprint density at radius 2 is 1.66 bits per heavy atom. The summed E-state index contributed by atoms with van der Waals surface area (Å²) in [5, 5.41) is 3.32. The Labute approximate surface area is 203 Å². The first-order valence-corrected chi connectivity index (χ1v) is 11.7. The summed E-state index contributed by atoms with van der Waals surface area (Å²) in [5.41, 5.74) is 3.39. The Bertz CT molecular complexity index is 1290. The molecule has 1 aliphatic heterocycles. The van der Waals surface area contributed by atoms with E-state index >= 15 is 0 Å². The second kappa shape index (κ2) is 9.68. The molecule has 4 aromatic rings. The minimum Gasteiger partial charge on any atom is -0.314 e. The number of hydrogen-bond acceptors (Lipinski definition) is 3. The maximum Gasteiger partial charge on any atom is 0.416 e. The van der Waals surface area contributed by atoms with Crippen LogP contribution in [0.3, 0.4) is 0 Å². The number of alkyl halides is 3. The molecule has 1 N–H and O–H groups in total. The van der Waals surface area contributed by atoms with Crippen molar-refractivity contribution in [1.29, 1.82) is 0 Å². The number of pyridine rings is 1. The van der Waals surface area contributed by atoms with E-state index in [4.69, 9.17) is 0 Å². The average Bonchev–Trinajstić information content (AvgIpc) is 3.30. The van der Waals surface area contributed by atoms with Gasteiger partial charge in [-0.15, -0.1) is 0 Å². The van der Waals surface area contributed by atoms with Gasteiger partial charge in [-0.2, -0.15) is 13.2 Å². The molecular weight excluding hydrogens is 449 g/mol. The zero-order chi connectivity index (χ0) is 24.4. The number of piperazine rings is 1. The molecule has 1 unspecified atom stereocenters. The molecule has 2 aromatic carbocycles. The fourth-order valence-corrected chi connectivity index (χ4v) is 4.95. The van der Waals surface area contributed by atoms with Crippen LogP contribution in [0.2, 0.25) is 0 Å². The van der Waals surface area contributed by atoms with E-state index < -0.39 is 17.8 Å². The van der Waals surface area contributed by atoms with E-state index in [1.807, 2.05) is 60.2 Å². The lowest BCUT2D eigenvalue weighted by Crippen LogP contribution is -2.45. The van der Waals surface area contributed by atoms with Gasteiger partial charge in [0.1, 0.15) is 5.82 Å². The third-order valence-corrected chi connectivity index (χ3v) is 6.48. The Balaban J connectivity index is 1.77. The van der Waals surface area contributed by atoms with E-state index in [1.54, 1.807) is 18.3 Å². The van der Waals surface area contributed by atoms with Crippen molar-refractivity contribution in [3.8, 4) is 17.1 Å². The van der Waals surface area contributed by atoms with Crippen molar-refractivity contribution >= 4 is 0 Å². The standard InChI is InChI=1S/C28H27F3N4/c1-20-7-6-8-21(19-20)26-23(12-16-35(26)25-11-4-5-13-33-25)27(34-17-14-32-15-18-34)22-9-2-3-10-24(22)28(29,30)31/h2-13,16,19,27,32H,14-15,17-18H2,1H3. The van der Waals surface area contributed by atoms with Gasteiger partial charge in [0.15, 0.2) is 0 Å². The lowest BCUT2D eigenvalue weighted by molar-refractivity contribution is -0.138. The molecular formula is C28H27F3N4. The molecule has 4 nitrogen and oxygen atoms in total. The van der Waals surface area contributed by atoms with Crippen LogP contribution in [0.25, 0.3) is 17.1 Å². The Morgan fingerprint density at radius 3 is 2.37 bits per heavy atom. The van der Waals surface area contributed by atoms with Crippen LogP contribution in [0.15, 0.2) is 85.2 Å². The molecule has 0 aliphatic carbocycles. The monoisotopic (exact) mass is 476 g/mol. The SMILES string of the molecule is Cc1cccc(-c2c(C(c3ccccc3C(F)(F)F)N3CCNCC3)ccn2-c2ccccn2)c1. The lowest BCUT2D eigenvalue weighted by atomic mass is 9.90. The minimum atomic E-state index is -4.45. The van der Waals surface area contributed by atoms with Gasteiger partial charge >= 0.3 is 6.18 Å². The van der Waals surface area contributed by atoms with Crippen LogP contribution in [0.5, 0.6) is 0 Å². The molecule has 1 saturated heterocycles. The quantitative estimate of drug-likeness (QED) is 0.392. The van der Waals surface area contributed by atoms with Crippen molar-refractivity contribution in [1.82, 2.24) is 19.8 Å². The highest BCUT2D eigenvalue weighted by atomic mass is 19.4. The molecule has 1 atom stereocenters. The van der Waals surface area contributed by atoms with E-state index in [2.05, 4.69) is 21.3 Å². The van der Waals surface area contributed by atoms with Crippen LogP contribution < -0.4 is 5.32 Å². The van der Waals surface area contributed by atoms with Gasteiger partial charge in [0.25, 0.3) is 0 Å². The third kappa shape index (κ3) is 4.74. The fraction of sp³-hybridized carbons (Fsp3) is 0.250. The Kier molecular flexibility index (Phi) is 6.45. The highest BCUT2D eigenvalue weighted by Gasteiger charge is 2.38. The molecule has 180 valence electrons. The van der Waals surface area contributed by atoms with E-state index in [1.165, 1.54) is 12.1 Å². The Morgan fingerprint density at radius 1 is 0.886 bits per heavy atom. The first-order valence-electron chi connectivity index (χ1n) is 11.7. The van der Waals surface area contributed by atoms with Crippen molar-refractivity contribution in [2.45, 2.75) is 19.1 Å². The first kappa shape index (κ1) is 23.3. The van der Waals surface area contributed by atoms with Gasteiger partial charge < -0.3 is 9.88 Å². The highest BCUT2D eigenvalue weighted by molar-refractivity contribution is 5.69. The van der Waals surface area contributed by atoms with Crippen LogP contribution in [0.4, 0.5) is 13.2 Å². The molecule has 1 fully saturated rings. The van der Waals surface area contributed by atoms with Gasteiger partial charge in [0.2, 0.25) is 0 Å². The topological polar surface area (TPSA) is 33.1 Å². The molecule has 2 aromatic heterocycles. The molecule has 0 saturated carbocycles. The van der Waals surface area contributed by atoms with Crippen LogP contribution in [0, 0.1) is 6.92 Å². The molecule has 3 heterocycles. The molecule has 0 spiro atoms. The molecule has 35 heavy (non-hydrogen) atoms. The smallest absolute Gasteiger partial charge is 0.314 e. The largest absolute Gasteiger partial charge is 0.416 e. The van der Waals surface area contributed by atoms with Gasteiger partial charge in [-0.25, -0.2) is 4.98 Å². The van der Waals surface area contributed by atoms with Crippen LogP contribution in [-0.2, 0) is 6.18 Å². The van der Waals surface area contributed by atoms with E-state index in [0.29, 0.717) is 13.1 Å². The zero-order valence-electron chi connectivity index (χ0n) is 19.5. The molecule has 0 bridgehead atoms.